The molecule has 0 aliphatic carbocycles. The Morgan fingerprint density at radius 3 is 2.75 bits per heavy atom. The first-order valence-electron chi connectivity index (χ1n) is 8.52. The summed E-state index contributed by atoms with van der Waals surface area (Å²) in [4.78, 5) is 18.9. The number of rotatable bonds is 6. The standard InChI is InChI=1S/C20H16ClN3O4/c1-2-9-24(20(25)14-5-8-16-17(10-14)27-12-26-16)11-18-22-19(23-28-18)13-3-6-15(21)7-4-13/h2-8,10H,1,9,11-12H2. The third kappa shape index (κ3) is 3.70. The Morgan fingerprint density at radius 1 is 1.18 bits per heavy atom. The molecular weight excluding hydrogens is 382 g/mol. The van der Waals surface area contributed by atoms with Crippen LogP contribution in [0.25, 0.3) is 11.4 Å². The van der Waals surface area contributed by atoms with Crippen LogP contribution < -0.4 is 9.47 Å². The topological polar surface area (TPSA) is 77.7 Å². The number of aromatic nitrogens is 2. The molecule has 8 heteroatoms. The van der Waals surface area contributed by atoms with Crippen molar-refractivity contribution in [2.75, 3.05) is 13.3 Å². The minimum atomic E-state index is -0.204. The fourth-order valence-electron chi connectivity index (χ4n) is 2.79. The lowest BCUT2D eigenvalue weighted by Gasteiger charge is -2.19. The van der Waals surface area contributed by atoms with Crippen LogP contribution in [-0.2, 0) is 6.54 Å². The van der Waals surface area contributed by atoms with Gasteiger partial charge in [0.25, 0.3) is 5.91 Å². The predicted octanol–water partition coefficient (Wildman–Crippen LogP) is 3.95. The van der Waals surface area contributed by atoms with E-state index in [9.17, 15) is 4.79 Å². The molecule has 1 aliphatic heterocycles. The summed E-state index contributed by atoms with van der Waals surface area (Å²) in [5.74, 6) is 1.72. The quantitative estimate of drug-likeness (QED) is 0.586. The fraction of sp³-hybridized carbons (Fsp3) is 0.150. The van der Waals surface area contributed by atoms with E-state index in [1.165, 1.54) is 0 Å². The van der Waals surface area contributed by atoms with Gasteiger partial charge in [-0.25, -0.2) is 0 Å². The Hall–Kier alpha value is -3.32. The van der Waals surface area contributed by atoms with Crippen LogP contribution in [0, 0.1) is 0 Å². The summed E-state index contributed by atoms with van der Waals surface area (Å²) in [5, 5.41) is 4.60. The van der Waals surface area contributed by atoms with Gasteiger partial charge in [0.05, 0.1) is 0 Å². The van der Waals surface area contributed by atoms with Crippen LogP contribution in [0.1, 0.15) is 16.2 Å². The number of benzene rings is 2. The molecule has 0 radical (unpaired) electrons. The molecule has 0 bridgehead atoms. The van der Waals surface area contributed by atoms with Gasteiger partial charge in [0.15, 0.2) is 11.5 Å². The van der Waals surface area contributed by atoms with E-state index < -0.39 is 0 Å². The zero-order valence-electron chi connectivity index (χ0n) is 14.8. The molecule has 1 aromatic heterocycles. The highest BCUT2D eigenvalue weighted by Gasteiger charge is 2.22. The maximum absolute atomic E-state index is 12.9. The van der Waals surface area contributed by atoms with Crippen molar-refractivity contribution < 1.29 is 18.8 Å². The largest absolute Gasteiger partial charge is 0.454 e. The van der Waals surface area contributed by atoms with E-state index in [1.807, 2.05) is 0 Å². The van der Waals surface area contributed by atoms with Crippen LogP contribution in [0.15, 0.2) is 59.6 Å². The maximum Gasteiger partial charge on any atom is 0.254 e. The number of fused-ring (bicyclic) bond motifs is 1. The molecule has 7 nitrogen and oxygen atoms in total. The molecule has 142 valence electrons. The van der Waals surface area contributed by atoms with Gasteiger partial charge >= 0.3 is 0 Å². The minimum absolute atomic E-state index is 0.152. The van der Waals surface area contributed by atoms with E-state index >= 15 is 0 Å². The lowest BCUT2D eigenvalue weighted by molar-refractivity contribution is 0.0745. The molecule has 1 aliphatic rings. The fourth-order valence-corrected chi connectivity index (χ4v) is 2.91. The Bertz CT molecular complexity index is 1020. The Kier molecular flexibility index (Phi) is 4.99. The summed E-state index contributed by atoms with van der Waals surface area (Å²) in [7, 11) is 0. The molecule has 0 atom stereocenters. The summed E-state index contributed by atoms with van der Waals surface area (Å²) in [5.41, 5.74) is 1.25. The normalized spacial score (nSPS) is 12.0. The second kappa shape index (κ2) is 7.74. The van der Waals surface area contributed by atoms with Crippen LogP contribution in [0.2, 0.25) is 5.02 Å². The highest BCUT2D eigenvalue weighted by molar-refractivity contribution is 6.30. The molecule has 2 aromatic carbocycles. The SMILES string of the molecule is C=CCN(Cc1nc(-c2ccc(Cl)cc2)no1)C(=O)c1ccc2c(c1)OCO2. The van der Waals surface area contributed by atoms with E-state index in [0.717, 1.165) is 5.56 Å². The van der Waals surface area contributed by atoms with Crippen molar-refractivity contribution in [1.82, 2.24) is 15.0 Å². The highest BCUT2D eigenvalue weighted by Crippen LogP contribution is 2.33. The summed E-state index contributed by atoms with van der Waals surface area (Å²) in [6, 6.07) is 12.2. The molecule has 0 saturated heterocycles. The van der Waals surface area contributed by atoms with E-state index in [4.69, 9.17) is 25.6 Å². The summed E-state index contributed by atoms with van der Waals surface area (Å²) >= 11 is 5.90. The maximum atomic E-state index is 12.9. The Labute approximate surface area is 166 Å². The van der Waals surface area contributed by atoms with Crippen LogP contribution >= 0.6 is 11.6 Å². The number of carbonyl (C=O) groups is 1. The van der Waals surface area contributed by atoms with Crippen molar-refractivity contribution in [1.29, 1.82) is 0 Å². The van der Waals surface area contributed by atoms with Crippen molar-refractivity contribution in [3.63, 3.8) is 0 Å². The molecule has 0 N–H and O–H groups in total. The van der Waals surface area contributed by atoms with E-state index in [-0.39, 0.29) is 19.2 Å². The molecule has 0 saturated carbocycles. The van der Waals surface area contributed by atoms with Gasteiger partial charge in [0, 0.05) is 22.7 Å². The molecule has 1 amide bonds. The van der Waals surface area contributed by atoms with Crippen LogP contribution in [0.3, 0.4) is 0 Å². The van der Waals surface area contributed by atoms with Crippen molar-refractivity contribution in [3.8, 4) is 22.9 Å². The van der Waals surface area contributed by atoms with Crippen molar-refractivity contribution >= 4 is 17.5 Å². The minimum Gasteiger partial charge on any atom is -0.454 e. The van der Waals surface area contributed by atoms with Gasteiger partial charge in [-0.1, -0.05) is 22.8 Å². The van der Waals surface area contributed by atoms with Crippen LogP contribution in [0.5, 0.6) is 11.5 Å². The summed E-state index contributed by atoms with van der Waals surface area (Å²) < 4.78 is 15.9. The molecule has 0 fully saturated rings. The van der Waals surface area contributed by atoms with Gasteiger partial charge in [-0.2, -0.15) is 4.98 Å². The second-order valence-corrected chi connectivity index (χ2v) is 6.50. The molecule has 0 spiro atoms. The number of halogens is 1. The van der Waals surface area contributed by atoms with E-state index in [0.29, 0.717) is 40.3 Å². The van der Waals surface area contributed by atoms with E-state index in [2.05, 4.69) is 16.7 Å². The average Bonchev–Trinajstić information content (AvgIpc) is 3.36. The molecule has 3 aromatic rings. The lowest BCUT2D eigenvalue weighted by atomic mass is 10.1. The van der Waals surface area contributed by atoms with Gasteiger partial charge in [0.2, 0.25) is 18.5 Å². The Balaban J connectivity index is 1.53. The molecule has 28 heavy (non-hydrogen) atoms. The lowest BCUT2D eigenvalue weighted by Crippen LogP contribution is -2.30. The molecular formula is C20H16ClN3O4. The highest BCUT2D eigenvalue weighted by atomic mass is 35.5. The molecule has 0 unspecified atom stereocenters. The number of hydrogen-bond acceptors (Lipinski definition) is 6. The third-order valence-electron chi connectivity index (χ3n) is 4.15. The number of carbonyl (C=O) groups excluding carboxylic acids is 1. The summed E-state index contributed by atoms with van der Waals surface area (Å²) in [6.07, 6.45) is 1.64. The number of nitrogens with zero attached hydrogens (tertiary/aromatic N) is 3. The first-order valence-corrected chi connectivity index (χ1v) is 8.90. The zero-order chi connectivity index (χ0) is 19.5. The zero-order valence-corrected chi connectivity index (χ0v) is 15.6. The van der Waals surface area contributed by atoms with E-state index in [1.54, 1.807) is 53.4 Å². The van der Waals surface area contributed by atoms with Gasteiger partial charge in [-0.15, -0.1) is 6.58 Å². The number of hydrogen-bond donors (Lipinski definition) is 0. The third-order valence-corrected chi connectivity index (χ3v) is 4.40. The van der Waals surface area contributed by atoms with Crippen molar-refractivity contribution in [2.24, 2.45) is 0 Å². The predicted molar refractivity (Wildman–Crippen MR) is 102 cm³/mol. The summed E-state index contributed by atoms with van der Waals surface area (Å²) in [6.45, 7) is 4.35. The molecule has 4 rings (SSSR count). The van der Waals surface area contributed by atoms with Gasteiger partial charge in [0.1, 0.15) is 6.54 Å². The van der Waals surface area contributed by atoms with Crippen LogP contribution in [-0.4, -0.2) is 34.3 Å². The van der Waals surface area contributed by atoms with Crippen molar-refractivity contribution in [2.45, 2.75) is 6.54 Å². The molecule has 2 heterocycles. The Morgan fingerprint density at radius 2 is 1.96 bits per heavy atom. The first-order chi connectivity index (χ1) is 13.6. The van der Waals surface area contributed by atoms with Gasteiger partial charge in [-0.05, 0) is 42.5 Å². The van der Waals surface area contributed by atoms with Crippen molar-refractivity contribution in [3.05, 3.63) is 71.6 Å². The van der Waals surface area contributed by atoms with Gasteiger partial charge in [-0.3, -0.25) is 4.79 Å². The monoisotopic (exact) mass is 397 g/mol. The smallest absolute Gasteiger partial charge is 0.254 e. The number of amides is 1. The first kappa shape index (κ1) is 18.1. The van der Waals surface area contributed by atoms with Gasteiger partial charge < -0.3 is 18.9 Å². The number of ether oxygens (including phenoxy) is 2. The van der Waals surface area contributed by atoms with Crippen LogP contribution in [0.4, 0.5) is 0 Å². The second-order valence-electron chi connectivity index (χ2n) is 6.06. The average molecular weight is 398 g/mol.